The van der Waals surface area contributed by atoms with Crippen LogP contribution in [0.3, 0.4) is 0 Å². The van der Waals surface area contributed by atoms with Crippen LogP contribution in [0.2, 0.25) is 10.0 Å². The molecular formula is C22H25Cl2NO3. The van der Waals surface area contributed by atoms with E-state index in [1.165, 1.54) is 18.9 Å². The number of nitrogens with one attached hydrogen (secondary N) is 1. The first-order valence-electron chi connectivity index (χ1n) is 9.28. The molecule has 0 radical (unpaired) electrons. The third-order valence-corrected chi connectivity index (χ3v) is 4.61. The fourth-order valence-corrected chi connectivity index (χ4v) is 3.01. The summed E-state index contributed by atoms with van der Waals surface area (Å²) in [6.07, 6.45) is 7.73. The Labute approximate surface area is 176 Å². The predicted molar refractivity (Wildman–Crippen MR) is 117 cm³/mol. The van der Waals surface area contributed by atoms with Gasteiger partial charge in [0.15, 0.2) is 11.5 Å². The van der Waals surface area contributed by atoms with E-state index in [0.717, 1.165) is 18.4 Å². The molecule has 1 N–H and O–H groups in total. The zero-order valence-electron chi connectivity index (χ0n) is 16.1. The molecule has 0 fully saturated rings. The molecule has 0 aliphatic rings. The van der Waals surface area contributed by atoms with E-state index in [0.29, 0.717) is 33.8 Å². The summed E-state index contributed by atoms with van der Waals surface area (Å²) in [5.41, 5.74) is 1.33. The second-order valence-electron chi connectivity index (χ2n) is 6.27. The molecule has 1 amide bonds. The molecule has 28 heavy (non-hydrogen) atoms. The molecule has 0 aliphatic carbocycles. The average molecular weight is 422 g/mol. The second kappa shape index (κ2) is 11.6. The Morgan fingerprint density at radius 2 is 1.89 bits per heavy atom. The summed E-state index contributed by atoms with van der Waals surface area (Å²) < 4.78 is 11.2. The molecule has 2 aromatic carbocycles. The monoisotopic (exact) mass is 421 g/mol. The number of unbranched alkanes of at least 4 members (excludes halogenated alkanes) is 3. The van der Waals surface area contributed by atoms with Gasteiger partial charge in [0.05, 0.1) is 24.4 Å². The van der Waals surface area contributed by atoms with E-state index < -0.39 is 0 Å². The van der Waals surface area contributed by atoms with Gasteiger partial charge in [0.25, 0.3) is 0 Å². The number of methoxy groups -OCH3 is 1. The number of rotatable bonds is 10. The number of ether oxygens (including phenoxy) is 2. The number of halogens is 2. The quantitative estimate of drug-likeness (QED) is 0.346. The van der Waals surface area contributed by atoms with Crippen LogP contribution in [0.25, 0.3) is 6.08 Å². The lowest BCUT2D eigenvalue weighted by Gasteiger charge is -2.11. The number of hydrogen-bond acceptors (Lipinski definition) is 3. The minimum Gasteiger partial charge on any atom is -0.493 e. The van der Waals surface area contributed by atoms with E-state index in [1.54, 1.807) is 31.4 Å². The van der Waals surface area contributed by atoms with Crippen LogP contribution in [0.5, 0.6) is 11.5 Å². The summed E-state index contributed by atoms with van der Waals surface area (Å²) in [6.45, 7) is 2.84. The van der Waals surface area contributed by atoms with Gasteiger partial charge < -0.3 is 14.8 Å². The van der Waals surface area contributed by atoms with Crippen LogP contribution in [-0.2, 0) is 4.79 Å². The van der Waals surface area contributed by atoms with E-state index in [1.807, 2.05) is 18.2 Å². The van der Waals surface area contributed by atoms with Gasteiger partial charge in [0, 0.05) is 11.1 Å². The van der Waals surface area contributed by atoms with Crippen molar-refractivity contribution in [1.29, 1.82) is 0 Å². The van der Waals surface area contributed by atoms with Crippen LogP contribution < -0.4 is 14.8 Å². The van der Waals surface area contributed by atoms with Crippen molar-refractivity contribution in [3.63, 3.8) is 0 Å². The molecule has 2 rings (SSSR count). The summed E-state index contributed by atoms with van der Waals surface area (Å²) in [4.78, 5) is 12.1. The topological polar surface area (TPSA) is 47.6 Å². The number of carbonyl (C=O) groups is 1. The first-order chi connectivity index (χ1) is 13.5. The molecule has 0 bridgehead atoms. The van der Waals surface area contributed by atoms with Gasteiger partial charge in [-0.15, -0.1) is 0 Å². The molecule has 0 saturated carbocycles. The molecule has 6 heteroatoms. The lowest BCUT2D eigenvalue weighted by molar-refractivity contribution is -0.111. The van der Waals surface area contributed by atoms with Crippen molar-refractivity contribution < 1.29 is 14.3 Å². The molecular weight excluding hydrogens is 397 g/mol. The van der Waals surface area contributed by atoms with Gasteiger partial charge in [0.2, 0.25) is 5.91 Å². The molecule has 2 aromatic rings. The van der Waals surface area contributed by atoms with E-state index >= 15 is 0 Å². The maximum absolute atomic E-state index is 12.1. The molecule has 0 aromatic heterocycles. The van der Waals surface area contributed by atoms with Crippen molar-refractivity contribution in [1.82, 2.24) is 0 Å². The van der Waals surface area contributed by atoms with Gasteiger partial charge in [-0.25, -0.2) is 0 Å². The Hall–Kier alpha value is -2.17. The Balaban J connectivity index is 1.96. The first-order valence-corrected chi connectivity index (χ1v) is 10.0. The minimum absolute atomic E-state index is 0.292. The van der Waals surface area contributed by atoms with Crippen molar-refractivity contribution in [2.75, 3.05) is 19.0 Å². The third kappa shape index (κ3) is 7.10. The Morgan fingerprint density at radius 3 is 2.61 bits per heavy atom. The van der Waals surface area contributed by atoms with Crippen LogP contribution in [-0.4, -0.2) is 19.6 Å². The highest BCUT2D eigenvalue weighted by molar-refractivity contribution is 6.36. The van der Waals surface area contributed by atoms with Crippen LogP contribution in [0.4, 0.5) is 5.69 Å². The van der Waals surface area contributed by atoms with Gasteiger partial charge in [-0.2, -0.15) is 0 Å². The van der Waals surface area contributed by atoms with Gasteiger partial charge in [-0.3, -0.25) is 4.79 Å². The molecule has 0 spiro atoms. The number of anilines is 1. The number of amides is 1. The standard InChI is InChI=1S/C22H25Cl2NO3/c1-3-4-5-6-13-28-20-11-7-16(14-21(20)27-2)8-12-22(26)25-19-10-9-17(23)15-18(19)24/h7-12,14-15H,3-6,13H2,1-2H3,(H,25,26)/b12-8+. The van der Waals surface area contributed by atoms with Crippen LogP contribution in [0.15, 0.2) is 42.5 Å². The molecule has 150 valence electrons. The van der Waals surface area contributed by atoms with E-state index in [4.69, 9.17) is 32.7 Å². The fourth-order valence-electron chi connectivity index (χ4n) is 2.56. The Kier molecular flexibility index (Phi) is 9.18. The average Bonchev–Trinajstić information content (AvgIpc) is 2.69. The minimum atomic E-state index is -0.292. The van der Waals surface area contributed by atoms with Crippen molar-refractivity contribution in [3.8, 4) is 11.5 Å². The second-order valence-corrected chi connectivity index (χ2v) is 7.11. The smallest absolute Gasteiger partial charge is 0.248 e. The molecule has 0 saturated heterocycles. The maximum atomic E-state index is 12.1. The van der Waals surface area contributed by atoms with Gasteiger partial charge in [-0.05, 0) is 48.4 Å². The van der Waals surface area contributed by atoms with Crippen molar-refractivity contribution in [2.45, 2.75) is 32.6 Å². The molecule has 0 heterocycles. The number of carbonyl (C=O) groups excluding carboxylic acids is 1. The maximum Gasteiger partial charge on any atom is 0.248 e. The summed E-state index contributed by atoms with van der Waals surface area (Å²) in [6, 6.07) is 10.5. The van der Waals surface area contributed by atoms with Gasteiger partial charge in [0.1, 0.15) is 0 Å². The zero-order valence-corrected chi connectivity index (χ0v) is 17.6. The van der Waals surface area contributed by atoms with E-state index in [9.17, 15) is 4.79 Å². The normalized spacial score (nSPS) is 10.9. The molecule has 0 aliphatic heterocycles. The lowest BCUT2D eigenvalue weighted by Crippen LogP contribution is -2.08. The van der Waals surface area contributed by atoms with Crippen LogP contribution >= 0.6 is 23.2 Å². The molecule has 0 unspecified atom stereocenters. The highest BCUT2D eigenvalue weighted by Crippen LogP contribution is 2.29. The van der Waals surface area contributed by atoms with E-state index in [-0.39, 0.29) is 5.91 Å². The predicted octanol–water partition coefficient (Wildman–Crippen LogP) is 6.61. The Bertz CT molecular complexity index is 821. The van der Waals surface area contributed by atoms with Gasteiger partial charge in [-0.1, -0.05) is 55.5 Å². The summed E-state index contributed by atoms with van der Waals surface area (Å²) in [5, 5.41) is 3.62. The van der Waals surface area contributed by atoms with Crippen molar-refractivity contribution >= 4 is 40.9 Å². The molecule has 4 nitrogen and oxygen atoms in total. The third-order valence-electron chi connectivity index (χ3n) is 4.06. The number of benzene rings is 2. The number of hydrogen-bond donors (Lipinski definition) is 1. The highest BCUT2D eigenvalue weighted by Gasteiger charge is 2.06. The summed E-state index contributed by atoms with van der Waals surface area (Å²) in [7, 11) is 1.60. The SMILES string of the molecule is CCCCCCOc1ccc(/C=C/C(=O)Nc2ccc(Cl)cc2Cl)cc1OC. The van der Waals surface area contributed by atoms with Gasteiger partial charge >= 0.3 is 0 Å². The van der Waals surface area contributed by atoms with Crippen LogP contribution in [0.1, 0.15) is 38.2 Å². The summed E-state index contributed by atoms with van der Waals surface area (Å²) >= 11 is 11.9. The van der Waals surface area contributed by atoms with Crippen molar-refractivity contribution in [3.05, 3.63) is 58.1 Å². The Morgan fingerprint density at radius 1 is 1.07 bits per heavy atom. The largest absolute Gasteiger partial charge is 0.493 e. The first kappa shape index (κ1) is 22.1. The highest BCUT2D eigenvalue weighted by atomic mass is 35.5. The summed E-state index contributed by atoms with van der Waals surface area (Å²) in [5.74, 6) is 1.05. The van der Waals surface area contributed by atoms with Crippen LogP contribution in [0, 0.1) is 0 Å². The fraction of sp³-hybridized carbons (Fsp3) is 0.318. The zero-order chi connectivity index (χ0) is 20.4. The van der Waals surface area contributed by atoms with Crippen molar-refractivity contribution in [2.24, 2.45) is 0 Å². The lowest BCUT2D eigenvalue weighted by atomic mass is 10.2. The van der Waals surface area contributed by atoms with E-state index in [2.05, 4.69) is 12.2 Å². The molecule has 0 atom stereocenters.